The third-order valence-corrected chi connectivity index (χ3v) is 1.87. The number of imidazole rings is 1. The molecule has 0 bridgehead atoms. The molecule has 0 atom stereocenters. The summed E-state index contributed by atoms with van der Waals surface area (Å²) in [6.45, 7) is 0. The summed E-state index contributed by atoms with van der Waals surface area (Å²) in [7, 11) is 1.87. The van der Waals surface area contributed by atoms with Gasteiger partial charge in [0.2, 0.25) is 0 Å². The van der Waals surface area contributed by atoms with E-state index in [4.69, 9.17) is 4.42 Å². The fourth-order valence-electron chi connectivity index (χ4n) is 0.872. The van der Waals surface area contributed by atoms with Gasteiger partial charge in [0.05, 0.1) is 12.5 Å². The van der Waals surface area contributed by atoms with Crippen LogP contribution in [0.1, 0.15) is 0 Å². The van der Waals surface area contributed by atoms with Crippen molar-refractivity contribution in [3.8, 4) is 11.6 Å². The molecule has 0 N–H and O–H groups in total. The van der Waals surface area contributed by atoms with Crippen molar-refractivity contribution in [2.24, 2.45) is 7.05 Å². The van der Waals surface area contributed by atoms with Crippen molar-refractivity contribution >= 4 is 22.6 Å². The van der Waals surface area contributed by atoms with Crippen LogP contribution in [0.25, 0.3) is 11.6 Å². The summed E-state index contributed by atoms with van der Waals surface area (Å²) in [4.78, 5) is 3.94. The first-order chi connectivity index (χ1) is 5.77. The molecule has 0 spiro atoms. The van der Waals surface area contributed by atoms with Crippen LogP contribution in [0.15, 0.2) is 16.9 Å². The monoisotopic (exact) mass is 276 g/mol. The molecule has 0 radical (unpaired) electrons. The summed E-state index contributed by atoms with van der Waals surface area (Å²) in [5.74, 6) is 0.499. The molecule has 62 valence electrons. The number of aryl methyl sites for hydroxylation is 1. The Morgan fingerprint density at radius 3 is 2.83 bits per heavy atom. The van der Waals surface area contributed by atoms with E-state index in [-0.39, 0.29) is 0 Å². The average molecular weight is 276 g/mol. The second kappa shape index (κ2) is 2.85. The molecule has 0 aromatic carbocycles. The molecule has 6 heteroatoms. The molecule has 0 aliphatic carbocycles. The summed E-state index contributed by atoms with van der Waals surface area (Å²) < 4.78 is 7.57. The quantitative estimate of drug-likeness (QED) is 0.731. The van der Waals surface area contributed by atoms with Gasteiger partial charge in [-0.05, 0) is 0 Å². The van der Waals surface area contributed by atoms with E-state index in [9.17, 15) is 0 Å². The van der Waals surface area contributed by atoms with Crippen molar-refractivity contribution in [1.82, 2.24) is 19.7 Å². The molecular formula is C6H5IN4O. The van der Waals surface area contributed by atoms with E-state index in [0.29, 0.717) is 9.79 Å². The van der Waals surface area contributed by atoms with E-state index in [1.54, 1.807) is 12.5 Å². The Morgan fingerprint density at radius 2 is 2.33 bits per heavy atom. The van der Waals surface area contributed by atoms with Gasteiger partial charge in [-0.15, -0.1) is 10.2 Å². The number of aromatic nitrogens is 4. The van der Waals surface area contributed by atoms with Crippen LogP contribution in [0.3, 0.4) is 0 Å². The Labute approximate surface area is 82.0 Å². The minimum atomic E-state index is 0.499. The summed E-state index contributed by atoms with van der Waals surface area (Å²) in [6, 6.07) is 0. The molecule has 0 saturated heterocycles. The minimum Gasteiger partial charge on any atom is -0.410 e. The summed E-state index contributed by atoms with van der Waals surface area (Å²) in [5.41, 5.74) is 0.824. The Morgan fingerprint density at radius 1 is 1.50 bits per heavy atom. The van der Waals surface area contributed by atoms with E-state index < -0.39 is 0 Å². The Bertz CT molecular complexity index is 394. The van der Waals surface area contributed by atoms with Gasteiger partial charge in [0.15, 0.2) is 0 Å². The molecule has 0 unspecified atom stereocenters. The van der Waals surface area contributed by atoms with Gasteiger partial charge in [0.25, 0.3) is 9.79 Å². The zero-order valence-corrected chi connectivity index (χ0v) is 8.39. The first-order valence-corrected chi connectivity index (χ1v) is 4.31. The fraction of sp³-hybridized carbons (Fsp3) is 0.167. The van der Waals surface area contributed by atoms with E-state index in [1.165, 1.54) is 0 Å². The molecular weight excluding hydrogens is 271 g/mol. The highest BCUT2D eigenvalue weighted by molar-refractivity contribution is 14.1. The van der Waals surface area contributed by atoms with Gasteiger partial charge in [-0.3, -0.25) is 0 Å². The first kappa shape index (κ1) is 7.71. The van der Waals surface area contributed by atoms with Gasteiger partial charge < -0.3 is 8.98 Å². The maximum atomic E-state index is 5.21. The zero-order chi connectivity index (χ0) is 8.55. The van der Waals surface area contributed by atoms with E-state index >= 15 is 0 Å². The fourth-order valence-corrected chi connectivity index (χ4v) is 1.19. The van der Waals surface area contributed by atoms with Crippen LogP contribution in [0, 0.1) is 3.90 Å². The lowest BCUT2D eigenvalue weighted by Gasteiger charge is -1.92. The van der Waals surface area contributed by atoms with Crippen molar-refractivity contribution in [3.63, 3.8) is 0 Å². The van der Waals surface area contributed by atoms with Crippen LogP contribution in [-0.4, -0.2) is 19.7 Å². The smallest absolute Gasteiger partial charge is 0.278 e. The van der Waals surface area contributed by atoms with Crippen molar-refractivity contribution < 1.29 is 4.42 Å². The summed E-state index contributed by atoms with van der Waals surface area (Å²) in [5, 5.41) is 7.58. The van der Waals surface area contributed by atoms with Gasteiger partial charge in [-0.2, -0.15) is 0 Å². The molecule has 5 nitrogen and oxygen atoms in total. The molecule has 12 heavy (non-hydrogen) atoms. The van der Waals surface area contributed by atoms with Crippen LogP contribution < -0.4 is 0 Å². The number of hydrogen-bond acceptors (Lipinski definition) is 4. The highest BCUT2D eigenvalue weighted by atomic mass is 127. The SMILES string of the molecule is Cn1cncc1-c1nnc(I)o1. The lowest BCUT2D eigenvalue weighted by Crippen LogP contribution is -1.88. The molecule has 0 aliphatic heterocycles. The average Bonchev–Trinajstić information content (AvgIpc) is 2.58. The highest BCUT2D eigenvalue weighted by Crippen LogP contribution is 2.16. The van der Waals surface area contributed by atoms with Gasteiger partial charge in [-0.1, -0.05) is 0 Å². The number of halogens is 1. The molecule has 0 amide bonds. The lowest BCUT2D eigenvalue weighted by atomic mass is 10.5. The maximum absolute atomic E-state index is 5.21. The Hall–Kier alpha value is -0.920. The number of rotatable bonds is 1. The van der Waals surface area contributed by atoms with Crippen molar-refractivity contribution in [2.75, 3.05) is 0 Å². The van der Waals surface area contributed by atoms with Crippen LogP contribution in [0.5, 0.6) is 0 Å². The van der Waals surface area contributed by atoms with Crippen molar-refractivity contribution in [3.05, 3.63) is 16.4 Å². The lowest BCUT2D eigenvalue weighted by molar-refractivity contribution is 0.532. The van der Waals surface area contributed by atoms with Crippen LogP contribution >= 0.6 is 22.6 Å². The summed E-state index contributed by atoms with van der Waals surface area (Å²) in [6.07, 6.45) is 3.37. The zero-order valence-electron chi connectivity index (χ0n) is 6.23. The second-order valence-corrected chi connectivity index (χ2v) is 3.17. The maximum Gasteiger partial charge on any atom is 0.278 e. The first-order valence-electron chi connectivity index (χ1n) is 3.23. The number of nitrogens with zero attached hydrogens (tertiary/aromatic N) is 4. The highest BCUT2D eigenvalue weighted by Gasteiger charge is 2.09. The molecule has 0 fully saturated rings. The number of hydrogen-bond donors (Lipinski definition) is 0. The Balaban J connectivity index is 2.50. The third kappa shape index (κ3) is 1.22. The van der Waals surface area contributed by atoms with Crippen molar-refractivity contribution in [1.29, 1.82) is 0 Å². The molecule has 2 heterocycles. The Kier molecular flexibility index (Phi) is 1.83. The van der Waals surface area contributed by atoms with E-state index in [0.717, 1.165) is 5.69 Å². The summed E-state index contributed by atoms with van der Waals surface area (Å²) >= 11 is 1.97. The standard InChI is InChI=1S/C6H5IN4O/c1-11-3-8-2-4(11)5-9-10-6(7)12-5/h2-3H,1H3. The van der Waals surface area contributed by atoms with Crippen LogP contribution in [0.4, 0.5) is 0 Å². The van der Waals surface area contributed by atoms with Crippen molar-refractivity contribution in [2.45, 2.75) is 0 Å². The predicted octanol–water partition coefficient (Wildman–Crippen LogP) is 1.07. The molecule has 0 saturated carbocycles. The molecule has 2 rings (SSSR count). The normalized spacial score (nSPS) is 10.5. The van der Waals surface area contributed by atoms with Gasteiger partial charge in [-0.25, -0.2) is 4.98 Å². The molecule has 2 aromatic heterocycles. The minimum absolute atomic E-state index is 0.499. The van der Waals surface area contributed by atoms with E-state index in [1.807, 2.05) is 34.2 Å². The van der Waals surface area contributed by atoms with Gasteiger partial charge >= 0.3 is 0 Å². The van der Waals surface area contributed by atoms with E-state index in [2.05, 4.69) is 15.2 Å². The topological polar surface area (TPSA) is 56.7 Å². The molecule has 2 aromatic rings. The predicted molar refractivity (Wildman–Crippen MR) is 49.2 cm³/mol. The third-order valence-electron chi connectivity index (χ3n) is 1.44. The van der Waals surface area contributed by atoms with Crippen LogP contribution in [-0.2, 0) is 7.05 Å². The van der Waals surface area contributed by atoms with Crippen LogP contribution in [0.2, 0.25) is 0 Å². The molecule has 0 aliphatic rings. The van der Waals surface area contributed by atoms with Gasteiger partial charge in [0.1, 0.15) is 5.69 Å². The largest absolute Gasteiger partial charge is 0.410 e. The second-order valence-electron chi connectivity index (χ2n) is 2.25. The van der Waals surface area contributed by atoms with Gasteiger partial charge in [0, 0.05) is 29.6 Å².